The maximum atomic E-state index is 12.6. The normalized spacial score (nSPS) is 19.6. The number of aliphatic hydroxyl groups excluding tert-OH is 1. The largest absolute Gasteiger partial charge is 0.396 e. The maximum Gasteiger partial charge on any atom is 0.289 e. The van der Waals surface area contributed by atoms with Crippen LogP contribution in [0.4, 0.5) is 11.4 Å². The molecule has 8 nitrogen and oxygen atoms in total. The van der Waals surface area contributed by atoms with Crippen LogP contribution in [0.5, 0.6) is 0 Å². The lowest BCUT2D eigenvalue weighted by atomic mass is 10.1. The molecule has 2 rings (SSSR count). The number of nitrogens with zero attached hydrogens (tertiary/aromatic N) is 2. The molecule has 0 aromatic heterocycles. The van der Waals surface area contributed by atoms with Crippen molar-refractivity contribution in [3.63, 3.8) is 0 Å². The van der Waals surface area contributed by atoms with E-state index < -0.39 is 20.6 Å². The summed E-state index contributed by atoms with van der Waals surface area (Å²) < 4.78 is 26.4. The van der Waals surface area contributed by atoms with E-state index in [1.54, 1.807) is 7.05 Å². The number of aliphatic hydroxyl groups is 1. The first-order valence-electron chi connectivity index (χ1n) is 6.47. The SMILES string of the molecule is CNc1ccc([N+](=O)[O-])c(S(=O)(=O)N2CCC(CO)C2)c1. The van der Waals surface area contributed by atoms with Gasteiger partial charge in [-0.05, 0) is 24.5 Å². The number of nitrogens with one attached hydrogen (secondary N) is 1. The molecule has 0 saturated carbocycles. The molecule has 1 aliphatic rings. The Hall–Kier alpha value is -1.71. The van der Waals surface area contributed by atoms with Crippen molar-refractivity contribution in [3.8, 4) is 0 Å². The zero-order chi connectivity index (χ0) is 15.6. The number of hydrogen-bond donors (Lipinski definition) is 2. The lowest BCUT2D eigenvalue weighted by Gasteiger charge is -2.17. The summed E-state index contributed by atoms with van der Waals surface area (Å²) in [5.41, 5.74) is 0.0403. The molecule has 0 amide bonds. The van der Waals surface area contributed by atoms with Crippen LogP contribution < -0.4 is 5.32 Å². The zero-order valence-electron chi connectivity index (χ0n) is 11.5. The summed E-state index contributed by atoms with van der Waals surface area (Å²) in [7, 11) is -2.34. The second-order valence-electron chi connectivity index (χ2n) is 4.89. The molecule has 0 radical (unpaired) electrons. The first kappa shape index (κ1) is 15.7. The Balaban J connectivity index is 2.46. The second kappa shape index (κ2) is 5.96. The predicted molar refractivity (Wildman–Crippen MR) is 76.6 cm³/mol. The van der Waals surface area contributed by atoms with Crippen molar-refractivity contribution in [1.82, 2.24) is 4.31 Å². The van der Waals surface area contributed by atoms with Crippen LogP contribution in [0.3, 0.4) is 0 Å². The Morgan fingerprint density at radius 1 is 1.52 bits per heavy atom. The minimum atomic E-state index is -3.95. The van der Waals surface area contributed by atoms with Gasteiger partial charge in [0.05, 0.1) is 4.92 Å². The maximum absolute atomic E-state index is 12.6. The molecule has 1 fully saturated rings. The molecule has 1 saturated heterocycles. The van der Waals surface area contributed by atoms with Gasteiger partial charge in [-0.3, -0.25) is 10.1 Å². The number of nitro benzene ring substituents is 1. The minimum absolute atomic E-state index is 0.0926. The summed E-state index contributed by atoms with van der Waals surface area (Å²) in [6.45, 7) is 0.346. The quantitative estimate of drug-likeness (QED) is 0.609. The summed E-state index contributed by atoms with van der Waals surface area (Å²) in [5.74, 6) is -0.119. The Labute approximate surface area is 122 Å². The van der Waals surface area contributed by atoms with Gasteiger partial charge < -0.3 is 10.4 Å². The van der Waals surface area contributed by atoms with Crippen LogP contribution in [0.2, 0.25) is 0 Å². The predicted octanol–water partition coefficient (Wildman–Crippen LogP) is 0.639. The van der Waals surface area contributed by atoms with Crippen molar-refractivity contribution >= 4 is 21.4 Å². The van der Waals surface area contributed by atoms with Crippen molar-refractivity contribution in [2.45, 2.75) is 11.3 Å². The third kappa shape index (κ3) is 2.99. The highest BCUT2D eigenvalue weighted by Crippen LogP contribution is 2.32. The molecule has 1 atom stereocenters. The fourth-order valence-corrected chi connectivity index (χ4v) is 4.04. The molecule has 2 N–H and O–H groups in total. The van der Waals surface area contributed by atoms with Crippen LogP contribution in [-0.4, -0.2) is 49.5 Å². The molecule has 0 spiro atoms. The number of nitro groups is 1. The molecular weight excluding hydrogens is 298 g/mol. The lowest BCUT2D eigenvalue weighted by Crippen LogP contribution is -2.30. The molecule has 21 heavy (non-hydrogen) atoms. The molecule has 1 heterocycles. The van der Waals surface area contributed by atoms with Gasteiger partial charge >= 0.3 is 0 Å². The van der Waals surface area contributed by atoms with E-state index in [2.05, 4.69) is 5.32 Å². The van der Waals surface area contributed by atoms with E-state index in [0.29, 0.717) is 12.1 Å². The molecule has 1 aliphatic heterocycles. The average molecular weight is 315 g/mol. The van der Waals surface area contributed by atoms with Crippen molar-refractivity contribution in [3.05, 3.63) is 28.3 Å². The number of hydrogen-bond acceptors (Lipinski definition) is 6. The van der Waals surface area contributed by atoms with Crippen molar-refractivity contribution in [2.24, 2.45) is 5.92 Å². The van der Waals surface area contributed by atoms with E-state index >= 15 is 0 Å². The van der Waals surface area contributed by atoms with Crippen molar-refractivity contribution in [2.75, 3.05) is 32.1 Å². The number of benzene rings is 1. The van der Waals surface area contributed by atoms with E-state index in [-0.39, 0.29) is 30.5 Å². The van der Waals surface area contributed by atoms with Crippen molar-refractivity contribution < 1.29 is 18.4 Å². The van der Waals surface area contributed by atoms with Crippen LogP contribution in [-0.2, 0) is 10.0 Å². The monoisotopic (exact) mass is 315 g/mol. The highest BCUT2D eigenvalue weighted by atomic mass is 32.2. The number of rotatable bonds is 5. The van der Waals surface area contributed by atoms with Gasteiger partial charge in [-0.2, -0.15) is 4.31 Å². The molecule has 9 heteroatoms. The van der Waals surface area contributed by atoms with Crippen LogP contribution >= 0.6 is 0 Å². The first-order valence-corrected chi connectivity index (χ1v) is 7.91. The Bertz CT molecular complexity index is 646. The van der Waals surface area contributed by atoms with Gasteiger partial charge in [0.1, 0.15) is 0 Å². The molecule has 1 aromatic carbocycles. The van der Waals surface area contributed by atoms with Crippen LogP contribution in [0.25, 0.3) is 0 Å². The Morgan fingerprint density at radius 2 is 2.24 bits per heavy atom. The summed E-state index contributed by atoms with van der Waals surface area (Å²) in [4.78, 5) is 10.0. The van der Waals surface area contributed by atoms with Gasteiger partial charge in [-0.25, -0.2) is 8.42 Å². The molecule has 116 valence electrons. The third-order valence-electron chi connectivity index (χ3n) is 3.57. The van der Waals surface area contributed by atoms with Crippen LogP contribution in [0.1, 0.15) is 6.42 Å². The average Bonchev–Trinajstić information content (AvgIpc) is 2.96. The minimum Gasteiger partial charge on any atom is -0.396 e. The van der Waals surface area contributed by atoms with Gasteiger partial charge in [-0.15, -0.1) is 0 Å². The topological polar surface area (TPSA) is 113 Å². The summed E-state index contributed by atoms with van der Waals surface area (Å²) >= 11 is 0. The number of sulfonamides is 1. The highest BCUT2D eigenvalue weighted by Gasteiger charge is 2.36. The van der Waals surface area contributed by atoms with Crippen LogP contribution in [0, 0.1) is 16.0 Å². The van der Waals surface area contributed by atoms with E-state index in [1.165, 1.54) is 22.5 Å². The van der Waals surface area contributed by atoms with Gasteiger partial charge in [0.25, 0.3) is 5.69 Å². The van der Waals surface area contributed by atoms with Crippen molar-refractivity contribution in [1.29, 1.82) is 0 Å². The zero-order valence-corrected chi connectivity index (χ0v) is 12.3. The summed E-state index contributed by atoms with van der Waals surface area (Å²) in [6.07, 6.45) is 0.551. The van der Waals surface area contributed by atoms with Gasteiger partial charge in [0.2, 0.25) is 10.0 Å². The smallest absolute Gasteiger partial charge is 0.289 e. The molecular formula is C12H17N3O5S. The third-order valence-corrected chi connectivity index (χ3v) is 5.46. The van der Waals surface area contributed by atoms with E-state index in [1.807, 2.05) is 0 Å². The van der Waals surface area contributed by atoms with Crippen LogP contribution in [0.15, 0.2) is 23.1 Å². The molecule has 0 aliphatic carbocycles. The fraction of sp³-hybridized carbons (Fsp3) is 0.500. The first-order chi connectivity index (χ1) is 9.90. The van der Waals surface area contributed by atoms with Gasteiger partial charge in [-0.1, -0.05) is 0 Å². The lowest BCUT2D eigenvalue weighted by molar-refractivity contribution is -0.387. The van der Waals surface area contributed by atoms with E-state index in [4.69, 9.17) is 5.11 Å². The van der Waals surface area contributed by atoms with E-state index in [9.17, 15) is 18.5 Å². The van der Waals surface area contributed by atoms with E-state index in [0.717, 1.165) is 0 Å². The summed E-state index contributed by atoms with van der Waals surface area (Å²) in [6, 6.07) is 3.90. The standard InChI is InChI=1S/C12H17N3O5S/c1-13-10-2-3-11(15(17)18)12(6-10)21(19,20)14-5-4-9(7-14)8-16/h2-3,6,9,13,16H,4-5,7-8H2,1H3. The van der Waals surface area contributed by atoms with Gasteiger partial charge in [0.15, 0.2) is 4.90 Å². The molecule has 0 bridgehead atoms. The number of anilines is 1. The molecule has 1 aromatic rings. The summed E-state index contributed by atoms with van der Waals surface area (Å²) in [5, 5.41) is 22.9. The molecule has 1 unspecified atom stereocenters. The Kier molecular flexibility index (Phi) is 4.45. The fourth-order valence-electron chi connectivity index (χ4n) is 2.33. The highest BCUT2D eigenvalue weighted by molar-refractivity contribution is 7.89. The second-order valence-corrected chi connectivity index (χ2v) is 6.80. The Morgan fingerprint density at radius 3 is 2.76 bits per heavy atom. The van der Waals surface area contributed by atoms with Gasteiger partial charge in [0, 0.05) is 38.5 Å².